The number of amides is 1. The van der Waals surface area contributed by atoms with Gasteiger partial charge in [0.25, 0.3) is 0 Å². The first-order valence-electron chi connectivity index (χ1n) is 7.47. The topological polar surface area (TPSA) is 41.1 Å². The van der Waals surface area contributed by atoms with Crippen molar-refractivity contribution in [1.82, 2.24) is 10.6 Å². The number of piperidine rings is 1. The average molecular weight is 374 g/mol. The first-order valence-corrected chi connectivity index (χ1v) is 8.27. The van der Waals surface area contributed by atoms with E-state index in [0.717, 1.165) is 43.2 Å². The summed E-state index contributed by atoms with van der Waals surface area (Å²) in [5, 5.41) is 6.46. The Morgan fingerprint density at radius 1 is 1.33 bits per heavy atom. The molecular weight excluding hydrogens is 352 g/mol. The zero-order chi connectivity index (χ0) is 14.0. The van der Waals surface area contributed by atoms with Gasteiger partial charge in [-0.3, -0.25) is 4.79 Å². The minimum absolute atomic E-state index is 0. The third-order valence-electron chi connectivity index (χ3n) is 4.53. The lowest BCUT2D eigenvalue weighted by atomic mass is 9.95. The van der Waals surface area contributed by atoms with Crippen molar-refractivity contribution >= 4 is 34.2 Å². The van der Waals surface area contributed by atoms with Gasteiger partial charge in [0.1, 0.15) is 0 Å². The highest BCUT2D eigenvalue weighted by Gasteiger charge is 2.45. The Hall–Kier alpha value is -0.580. The van der Waals surface area contributed by atoms with Crippen LogP contribution in [-0.2, 0) is 10.2 Å². The van der Waals surface area contributed by atoms with Crippen molar-refractivity contribution in [2.24, 2.45) is 0 Å². The van der Waals surface area contributed by atoms with E-state index >= 15 is 0 Å². The van der Waals surface area contributed by atoms with Gasteiger partial charge in [0.05, 0.1) is 6.04 Å². The smallest absolute Gasteiger partial charge is 0.237 e. The van der Waals surface area contributed by atoms with Crippen LogP contribution in [0.5, 0.6) is 0 Å². The number of carbonyl (C=O) groups is 1. The van der Waals surface area contributed by atoms with Gasteiger partial charge in [-0.25, -0.2) is 0 Å². The molecule has 2 N–H and O–H groups in total. The van der Waals surface area contributed by atoms with E-state index in [1.807, 2.05) is 6.07 Å². The summed E-state index contributed by atoms with van der Waals surface area (Å²) in [5.41, 5.74) is 1.49. The van der Waals surface area contributed by atoms with Gasteiger partial charge in [-0.2, -0.15) is 0 Å². The molecule has 0 radical (unpaired) electrons. The molecule has 1 aliphatic carbocycles. The Labute approximate surface area is 140 Å². The van der Waals surface area contributed by atoms with Gasteiger partial charge in [0.2, 0.25) is 5.91 Å². The van der Waals surface area contributed by atoms with Gasteiger partial charge in [-0.05, 0) is 43.9 Å². The van der Waals surface area contributed by atoms with Crippen LogP contribution in [-0.4, -0.2) is 25.0 Å². The molecule has 1 aliphatic heterocycles. The Morgan fingerprint density at radius 3 is 2.71 bits per heavy atom. The van der Waals surface area contributed by atoms with Crippen LogP contribution in [0.25, 0.3) is 0 Å². The highest BCUT2D eigenvalue weighted by molar-refractivity contribution is 9.10. The normalized spacial score (nSPS) is 23.0. The molecule has 1 aromatic rings. The Balaban J connectivity index is 0.00000161. The van der Waals surface area contributed by atoms with Crippen LogP contribution in [0.3, 0.4) is 0 Å². The first-order chi connectivity index (χ1) is 9.71. The lowest BCUT2D eigenvalue weighted by molar-refractivity contribution is -0.123. The molecule has 116 valence electrons. The van der Waals surface area contributed by atoms with Crippen molar-refractivity contribution in [2.75, 3.05) is 13.1 Å². The lowest BCUT2D eigenvalue weighted by Crippen LogP contribution is -2.48. The second kappa shape index (κ2) is 7.12. The zero-order valence-electron chi connectivity index (χ0n) is 12.0. The summed E-state index contributed by atoms with van der Waals surface area (Å²) in [7, 11) is 0. The van der Waals surface area contributed by atoms with E-state index in [-0.39, 0.29) is 29.8 Å². The minimum Gasteiger partial charge on any atom is -0.354 e. The van der Waals surface area contributed by atoms with Crippen molar-refractivity contribution in [2.45, 2.75) is 43.6 Å². The van der Waals surface area contributed by atoms with Crippen LogP contribution in [0.4, 0.5) is 0 Å². The summed E-state index contributed by atoms with van der Waals surface area (Å²) >= 11 is 3.63. The van der Waals surface area contributed by atoms with Crippen LogP contribution in [0.15, 0.2) is 28.7 Å². The highest BCUT2D eigenvalue weighted by Crippen LogP contribution is 2.49. The quantitative estimate of drug-likeness (QED) is 0.851. The number of halogens is 2. The summed E-state index contributed by atoms with van der Waals surface area (Å²) in [6, 6.07) is 8.37. The second-order valence-electron chi connectivity index (χ2n) is 5.98. The van der Waals surface area contributed by atoms with E-state index in [2.05, 4.69) is 44.8 Å². The van der Waals surface area contributed by atoms with Gasteiger partial charge in [-0.15, -0.1) is 12.4 Å². The number of hydrogen-bond acceptors (Lipinski definition) is 2. The van der Waals surface area contributed by atoms with E-state index in [4.69, 9.17) is 0 Å². The monoisotopic (exact) mass is 372 g/mol. The van der Waals surface area contributed by atoms with Crippen molar-refractivity contribution in [3.63, 3.8) is 0 Å². The van der Waals surface area contributed by atoms with Crippen molar-refractivity contribution < 1.29 is 4.79 Å². The highest BCUT2D eigenvalue weighted by atomic mass is 79.9. The molecule has 1 saturated heterocycles. The van der Waals surface area contributed by atoms with Crippen molar-refractivity contribution in [3.05, 3.63) is 34.3 Å². The van der Waals surface area contributed by atoms with E-state index < -0.39 is 0 Å². The number of nitrogens with one attached hydrogen (secondary N) is 2. The van der Waals surface area contributed by atoms with Gasteiger partial charge in [-0.1, -0.05) is 40.5 Å². The predicted octanol–water partition coefficient (Wildman–Crippen LogP) is 3.16. The molecule has 0 spiro atoms. The van der Waals surface area contributed by atoms with E-state index in [0.29, 0.717) is 0 Å². The number of carbonyl (C=O) groups excluding carboxylic acids is 1. The fourth-order valence-electron chi connectivity index (χ4n) is 3.04. The van der Waals surface area contributed by atoms with Gasteiger partial charge < -0.3 is 10.6 Å². The molecule has 0 bridgehead atoms. The SMILES string of the molecule is Cl.O=C(NCC1(c2ccccc2Br)CC1)C1CCCCN1. The molecule has 3 rings (SSSR count). The Bertz CT molecular complexity index is 499. The molecule has 5 heteroatoms. The molecule has 1 aromatic carbocycles. The van der Waals surface area contributed by atoms with Crippen LogP contribution in [0.1, 0.15) is 37.7 Å². The number of benzene rings is 1. The van der Waals surface area contributed by atoms with Crippen LogP contribution < -0.4 is 10.6 Å². The molecule has 3 nitrogen and oxygen atoms in total. The summed E-state index contributed by atoms with van der Waals surface area (Å²) < 4.78 is 1.16. The van der Waals surface area contributed by atoms with Crippen molar-refractivity contribution in [3.8, 4) is 0 Å². The average Bonchev–Trinajstić information content (AvgIpc) is 3.27. The van der Waals surface area contributed by atoms with Crippen LogP contribution in [0, 0.1) is 0 Å². The zero-order valence-corrected chi connectivity index (χ0v) is 14.4. The molecule has 1 atom stereocenters. The fourth-order valence-corrected chi connectivity index (χ4v) is 3.74. The van der Waals surface area contributed by atoms with Crippen LogP contribution in [0.2, 0.25) is 0 Å². The maximum absolute atomic E-state index is 12.2. The lowest BCUT2D eigenvalue weighted by Gasteiger charge is -2.24. The fraction of sp³-hybridized carbons (Fsp3) is 0.562. The van der Waals surface area contributed by atoms with E-state index in [1.165, 1.54) is 12.0 Å². The van der Waals surface area contributed by atoms with Gasteiger partial charge >= 0.3 is 0 Å². The number of hydrogen-bond donors (Lipinski definition) is 2. The molecule has 2 fully saturated rings. The molecule has 2 aliphatic rings. The molecule has 21 heavy (non-hydrogen) atoms. The summed E-state index contributed by atoms with van der Waals surface area (Å²) in [6.07, 6.45) is 5.63. The third kappa shape index (κ3) is 3.79. The maximum Gasteiger partial charge on any atom is 0.237 e. The predicted molar refractivity (Wildman–Crippen MR) is 91.0 cm³/mol. The molecule has 1 heterocycles. The summed E-state index contributed by atoms with van der Waals surface area (Å²) in [5.74, 6) is 0.169. The molecule has 1 amide bonds. The largest absolute Gasteiger partial charge is 0.354 e. The van der Waals surface area contributed by atoms with Gasteiger partial charge in [0.15, 0.2) is 0 Å². The molecule has 0 aromatic heterocycles. The Kier molecular flexibility index (Phi) is 5.69. The molecule has 1 saturated carbocycles. The minimum atomic E-state index is 0. The molecule has 1 unspecified atom stereocenters. The first kappa shape index (κ1) is 16.8. The second-order valence-corrected chi connectivity index (χ2v) is 6.83. The molecular formula is C16H22BrClN2O. The maximum atomic E-state index is 12.2. The van der Waals surface area contributed by atoms with E-state index in [1.54, 1.807) is 0 Å². The van der Waals surface area contributed by atoms with Gasteiger partial charge in [0, 0.05) is 16.4 Å². The standard InChI is InChI=1S/C16H21BrN2O.ClH/c17-13-6-2-1-5-12(13)16(8-9-16)11-19-15(20)14-7-3-4-10-18-14;/h1-2,5-6,14,18H,3-4,7-11H2,(H,19,20);1H. The Morgan fingerprint density at radius 2 is 2.10 bits per heavy atom. The summed E-state index contributed by atoms with van der Waals surface area (Å²) in [6.45, 7) is 1.72. The van der Waals surface area contributed by atoms with Crippen LogP contribution >= 0.6 is 28.3 Å². The van der Waals surface area contributed by atoms with E-state index in [9.17, 15) is 4.79 Å². The summed E-state index contributed by atoms with van der Waals surface area (Å²) in [4.78, 5) is 12.2. The van der Waals surface area contributed by atoms with Crippen molar-refractivity contribution in [1.29, 1.82) is 0 Å². The number of rotatable bonds is 4. The third-order valence-corrected chi connectivity index (χ3v) is 5.22.